The van der Waals surface area contributed by atoms with E-state index >= 15 is 0 Å². The van der Waals surface area contributed by atoms with Crippen LogP contribution in [0.25, 0.3) is 0 Å². The van der Waals surface area contributed by atoms with Crippen LogP contribution in [0.4, 0.5) is 0 Å². The van der Waals surface area contributed by atoms with Crippen LogP contribution in [0.5, 0.6) is 0 Å². The normalized spacial score (nSPS) is 14.6. The molecule has 20 heavy (non-hydrogen) atoms. The van der Waals surface area contributed by atoms with Crippen molar-refractivity contribution in [3.63, 3.8) is 0 Å². The molecule has 0 radical (unpaired) electrons. The fourth-order valence-electron chi connectivity index (χ4n) is 1.20. The van der Waals surface area contributed by atoms with Gasteiger partial charge in [-0.15, -0.1) is 0 Å². The molecule has 0 aliphatic carbocycles. The van der Waals surface area contributed by atoms with Crippen LogP contribution in [-0.4, -0.2) is 46.7 Å². The molecule has 118 valence electrons. The number of esters is 1. The van der Waals surface area contributed by atoms with Gasteiger partial charge in [-0.05, 0) is 27.7 Å². The zero-order valence-corrected chi connectivity index (χ0v) is 12.5. The summed E-state index contributed by atoms with van der Waals surface area (Å²) in [5.41, 5.74) is 2.34. The topological polar surface area (TPSA) is 156 Å². The second kappa shape index (κ2) is 6.04. The van der Waals surface area contributed by atoms with Crippen LogP contribution in [0, 0.1) is 0 Å². The van der Waals surface area contributed by atoms with Crippen LogP contribution >= 0.6 is 0 Å². The van der Waals surface area contributed by atoms with Crippen LogP contribution < -0.4 is 11.1 Å². The van der Waals surface area contributed by atoms with Gasteiger partial charge < -0.3 is 15.2 Å². The molecule has 0 aliphatic heterocycles. The summed E-state index contributed by atoms with van der Waals surface area (Å²) in [6.45, 7) is 5.08. The second-order valence-electron chi connectivity index (χ2n) is 5.33. The first-order valence-electron chi connectivity index (χ1n) is 5.63. The summed E-state index contributed by atoms with van der Waals surface area (Å²) in [5.74, 6) is -2.31. The van der Waals surface area contributed by atoms with Gasteiger partial charge in [-0.25, -0.2) is 0 Å². The number of hydrogen-bond donors (Lipinski definition) is 4. The quantitative estimate of drug-likeness (QED) is 0.268. The molecule has 0 saturated heterocycles. The molecule has 0 spiro atoms. The average molecular weight is 312 g/mol. The number of nitrogens with one attached hydrogen (secondary N) is 1. The molecule has 1 unspecified atom stereocenters. The summed E-state index contributed by atoms with van der Waals surface area (Å²) >= 11 is 0. The Balaban J connectivity index is 5.03. The first-order chi connectivity index (χ1) is 8.62. The second-order valence-corrected chi connectivity index (χ2v) is 6.93. The van der Waals surface area contributed by atoms with Gasteiger partial charge in [0.1, 0.15) is 5.72 Å². The summed E-state index contributed by atoms with van der Waals surface area (Å²) < 4.78 is 35.9. The predicted molar refractivity (Wildman–Crippen MR) is 68.8 cm³/mol. The van der Waals surface area contributed by atoms with Crippen LogP contribution in [0.1, 0.15) is 34.1 Å². The Morgan fingerprint density at radius 2 is 1.75 bits per heavy atom. The van der Waals surface area contributed by atoms with E-state index in [4.69, 9.17) is 10.3 Å². The summed E-state index contributed by atoms with van der Waals surface area (Å²) in [7, 11) is -4.85. The Labute approximate surface area is 117 Å². The molecule has 0 aromatic carbocycles. The summed E-state index contributed by atoms with van der Waals surface area (Å²) in [5, 5.41) is 9.22. The lowest BCUT2D eigenvalue weighted by Crippen LogP contribution is -2.50. The highest BCUT2D eigenvalue weighted by Gasteiger charge is 2.36. The highest BCUT2D eigenvalue weighted by atomic mass is 32.2. The van der Waals surface area contributed by atoms with Gasteiger partial charge in [0.05, 0.1) is 6.42 Å². The maximum atomic E-state index is 11.7. The monoisotopic (exact) mass is 312 g/mol. The van der Waals surface area contributed by atoms with E-state index in [1.165, 1.54) is 27.7 Å². The summed E-state index contributed by atoms with van der Waals surface area (Å²) in [6, 6.07) is 0. The lowest BCUT2D eigenvalue weighted by atomic mass is 10.2. The van der Waals surface area contributed by atoms with Crippen molar-refractivity contribution >= 4 is 22.0 Å². The van der Waals surface area contributed by atoms with Crippen molar-refractivity contribution in [2.75, 3.05) is 0 Å². The largest absolute Gasteiger partial charge is 0.445 e. The smallest absolute Gasteiger partial charge is 0.309 e. The zero-order chi connectivity index (χ0) is 16.4. The average Bonchev–Trinajstić information content (AvgIpc) is 2.05. The molecule has 9 nitrogen and oxygen atoms in total. The van der Waals surface area contributed by atoms with Gasteiger partial charge in [0.25, 0.3) is 10.1 Å². The van der Waals surface area contributed by atoms with E-state index in [1.807, 2.05) is 5.32 Å². The summed E-state index contributed by atoms with van der Waals surface area (Å²) in [4.78, 5) is 23.1. The lowest BCUT2D eigenvalue weighted by molar-refractivity contribution is -0.157. The molecule has 0 heterocycles. The Morgan fingerprint density at radius 3 is 2.05 bits per heavy atom. The van der Waals surface area contributed by atoms with Gasteiger partial charge in [-0.3, -0.25) is 19.9 Å². The van der Waals surface area contributed by atoms with E-state index in [0.717, 1.165) is 0 Å². The highest BCUT2D eigenvalue weighted by molar-refractivity contribution is 7.87. The van der Waals surface area contributed by atoms with Crippen molar-refractivity contribution in [1.29, 1.82) is 0 Å². The van der Waals surface area contributed by atoms with Gasteiger partial charge >= 0.3 is 5.97 Å². The van der Waals surface area contributed by atoms with E-state index < -0.39 is 45.1 Å². The van der Waals surface area contributed by atoms with Gasteiger partial charge in [0.15, 0.2) is 11.0 Å². The molecule has 1 amide bonds. The lowest BCUT2D eigenvalue weighted by Gasteiger charge is -2.23. The molecular formula is C10H20N2O7S. The van der Waals surface area contributed by atoms with Crippen LogP contribution in [0.15, 0.2) is 0 Å². The number of amides is 1. The van der Waals surface area contributed by atoms with Crippen LogP contribution in [0.2, 0.25) is 0 Å². The number of nitrogens with two attached hydrogens (primary N) is 1. The van der Waals surface area contributed by atoms with E-state index in [-0.39, 0.29) is 0 Å². The van der Waals surface area contributed by atoms with Crippen molar-refractivity contribution in [2.45, 2.75) is 50.8 Å². The molecule has 1 atom stereocenters. The van der Waals surface area contributed by atoms with E-state index in [0.29, 0.717) is 0 Å². The fraction of sp³-hybridized carbons (Fsp3) is 0.800. The SMILES string of the molecule is CC(C)(O)NC(=O)C(CC(=O)OC(C)(C)N)S(=O)(=O)O. The third-order valence-corrected chi connectivity index (χ3v) is 2.91. The molecule has 10 heteroatoms. The maximum Gasteiger partial charge on any atom is 0.309 e. The fourth-order valence-corrected chi connectivity index (χ4v) is 1.88. The summed E-state index contributed by atoms with van der Waals surface area (Å²) in [6.07, 6.45) is -0.929. The Morgan fingerprint density at radius 1 is 1.30 bits per heavy atom. The number of aliphatic hydroxyl groups is 1. The van der Waals surface area contributed by atoms with Crippen LogP contribution in [0.3, 0.4) is 0 Å². The van der Waals surface area contributed by atoms with Gasteiger partial charge in [0.2, 0.25) is 5.91 Å². The molecular weight excluding hydrogens is 292 g/mol. The third kappa shape index (κ3) is 8.04. The molecule has 0 fully saturated rings. The highest BCUT2D eigenvalue weighted by Crippen LogP contribution is 2.11. The van der Waals surface area contributed by atoms with E-state index in [2.05, 4.69) is 4.74 Å². The van der Waals surface area contributed by atoms with Crippen molar-refractivity contribution < 1.29 is 32.4 Å². The Bertz CT molecular complexity index is 473. The van der Waals surface area contributed by atoms with Crippen molar-refractivity contribution in [2.24, 2.45) is 5.73 Å². The van der Waals surface area contributed by atoms with Crippen molar-refractivity contribution in [3.8, 4) is 0 Å². The molecule has 5 N–H and O–H groups in total. The molecule has 0 saturated carbocycles. The van der Waals surface area contributed by atoms with Crippen molar-refractivity contribution in [1.82, 2.24) is 5.32 Å². The first kappa shape index (κ1) is 18.8. The molecule has 0 aromatic rings. The Kier molecular flexibility index (Phi) is 5.67. The van der Waals surface area contributed by atoms with Gasteiger partial charge in [-0.2, -0.15) is 8.42 Å². The maximum absolute atomic E-state index is 11.7. The third-order valence-electron chi connectivity index (χ3n) is 1.81. The number of carbonyl (C=O) groups is 2. The minimum absolute atomic E-state index is 0.929. The van der Waals surface area contributed by atoms with Gasteiger partial charge in [0, 0.05) is 0 Å². The van der Waals surface area contributed by atoms with E-state index in [9.17, 15) is 23.1 Å². The first-order valence-corrected chi connectivity index (χ1v) is 7.13. The number of ether oxygens (including phenoxy) is 1. The molecule has 0 aromatic heterocycles. The Hall–Kier alpha value is -1.23. The molecule has 0 rings (SSSR count). The number of carbonyl (C=O) groups excluding carboxylic acids is 2. The van der Waals surface area contributed by atoms with Crippen molar-refractivity contribution in [3.05, 3.63) is 0 Å². The molecule has 0 aliphatic rings. The standard InChI is InChI=1S/C10H20N2O7S/c1-9(2,11)19-7(13)5-6(20(16,17)18)8(14)12-10(3,4)15/h6,15H,5,11H2,1-4H3,(H,12,14)(H,16,17,18). The van der Waals surface area contributed by atoms with Gasteiger partial charge in [-0.1, -0.05) is 0 Å². The van der Waals surface area contributed by atoms with E-state index in [1.54, 1.807) is 0 Å². The predicted octanol–water partition coefficient (Wildman–Crippen LogP) is -1.28. The molecule has 0 bridgehead atoms. The minimum atomic E-state index is -4.85. The minimum Gasteiger partial charge on any atom is -0.445 e. The number of hydrogen-bond acceptors (Lipinski definition) is 7. The number of rotatable bonds is 6. The van der Waals surface area contributed by atoms with Crippen LogP contribution in [-0.2, 0) is 24.4 Å². The zero-order valence-electron chi connectivity index (χ0n) is 11.7.